The van der Waals surface area contributed by atoms with Gasteiger partial charge < -0.3 is 10.2 Å². The van der Waals surface area contributed by atoms with Gasteiger partial charge in [0.2, 0.25) is 5.91 Å². The number of halogens is 4. The standard InChI is InChI=1S/C22H22ClF3N2O2/c23-16-8-5-15(6-9-16)7-10-20(29)28-13-11-17(12-14-28)27-21(30)18-3-1-2-4-19(18)22(24,25)26/h1-6,8-9,17H,7,10-14H2,(H,27,30). The van der Waals surface area contributed by atoms with Gasteiger partial charge in [-0.15, -0.1) is 0 Å². The van der Waals surface area contributed by atoms with Crippen molar-refractivity contribution in [3.8, 4) is 0 Å². The van der Waals surface area contributed by atoms with Crippen LogP contribution in [0.1, 0.15) is 40.7 Å². The Morgan fingerprint density at radius 2 is 1.67 bits per heavy atom. The van der Waals surface area contributed by atoms with Crippen LogP contribution < -0.4 is 5.32 Å². The normalized spacial score (nSPS) is 15.1. The van der Waals surface area contributed by atoms with Gasteiger partial charge in [-0.25, -0.2) is 0 Å². The highest BCUT2D eigenvalue weighted by molar-refractivity contribution is 6.30. The van der Waals surface area contributed by atoms with Crippen molar-refractivity contribution >= 4 is 23.4 Å². The molecule has 0 bridgehead atoms. The van der Waals surface area contributed by atoms with Crippen molar-refractivity contribution in [3.63, 3.8) is 0 Å². The molecule has 2 aromatic carbocycles. The molecule has 2 aromatic rings. The number of nitrogens with one attached hydrogen (secondary N) is 1. The Morgan fingerprint density at radius 1 is 1.03 bits per heavy atom. The molecular weight excluding hydrogens is 417 g/mol. The number of hydrogen-bond donors (Lipinski definition) is 1. The van der Waals surface area contributed by atoms with Gasteiger partial charge >= 0.3 is 6.18 Å². The Morgan fingerprint density at radius 3 is 2.30 bits per heavy atom. The van der Waals surface area contributed by atoms with Crippen LogP contribution in [0.25, 0.3) is 0 Å². The predicted octanol–water partition coefficient (Wildman–Crippen LogP) is 4.71. The smallest absolute Gasteiger partial charge is 0.349 e. The van der Waals surface area contributed by atoms with Crippen LogP contribution in [0.15, 0.2) is 48.5 Å². The van der Waals surface area contributed by atoms with Gasteiger partial charge in [0.25, 0.3) is 5.91 Å². The summed E-state index contributed by atoms with van der Waals surface area (Å²) in [6.07, 6.45) is -2.59. The molecule has 1 N–H and O–H groups in total. The van der Waals surface area contributed by atoms with Crippen LogP contribution in [0.5, 0.6) is 0 Å². The van der Waals surface area contributed by atoms with Gasteiger partial charge in [0, 0.05) is 30.6 Å². The quantitative estimate of drug-likeness (QED) is 0.734. The summed E-state index contributed by atoms with van der Waals surface area (Å²) in [5, 5.41) is 3.33. The fraction of sp³-hybridized carbons (Fsp3) is 0.364. The van der Waals surface area contributed by atoms with Gasteiger partial charge in [0.15, 0.2) is 0 Å². The van der Waals surface area contributed by atoms with E-state index in [4.69, 9.17) is 11.6 Å². The summed E-state index contributed by atoms with van der Waals surface area (Å²) in [4.78, 5) is 26.5. The van der Waals surface area contributed by atoms with Gasteiger partial charge in [0.1, 0.15) is 0 Å². The maximum absolute atomic E-state index is 13.1. The number of carbonyl (C=O) groups excluding carboxylic acids is 2. The van der Waals surface area contributed by atoms with Crippen LogP contribution in [0.4, 0.5) is 13.2 Å². The third kappa shape index (κ3) is 5.75. The van der Waals surface area contributed by atoms with Crippen LogP contribution in [-0.2, 0) is 17.4 Å². The summed E-state index contributed by atoms with van der Waals surface area (Å²) in [6.45, 7) is 0.927. The van der Waals surface area contributed by atoms with Gasteiger partial charge in [-0.1, -0.05) is 35.9 Å². The summed E-state index contributed by atoms with van der Waals surface area (Å²) in [5.74, 6) is -0.715. The van der Waals surface area contributed by atoms with E-state index in [1.807, 2.05) is 12.1 Å². The third-order valence-electron chi connectivity index (χ3n) is 5.20. The van der Waals surface area contributed by atoms with Crippen LogP contribution in [-0.4, -0.2) is 35.8 Å². The van der Waals surface area contributed by atoms with Gasteiger partial charge in [-0.3, -0.25) is 9.59 Å². The fourth-order valence-electron chi connectivity index (χ4n) is 3.53. The van der Waals surface area contributed by atoms with Gasteiger partial charge in [-0.2, -0.15) is 13.2 Å². The first kappa shape index (κ1) is 22.2. The molecule has 0 radical (unpaired) electrons. The van der Waals surface area contributed by atoms with E-state index < -0.39 is 17.6 Å². The predicted molar refractivity (Wildman–Crippen MR) is 108 cm³/mol. The summed E-state index contributed by atoms with van der Waals surface area (Å²) < 4.78 is 39.3. The van der Waals surface area contributed by atoms with Crippen LogP contribution in [0.3, 0.4) is 0 Å². The number of nitrogens with zero attached hydrogens (tertiary/aromatic N) is 1. The molecule has 3 rings (SSSR count). The van der Waals surface area contributed by atoms with Crippen LogP contribution in [0.2, 0.25) is 5.02 Å². The number of alkyl halides is 3. The molecule has 0 aromatic heterocycles. The SMILES string of the molecule is O=C(NC1CCN(C(=O)CCc2ccc(Cl)cc2)CC1)c1ccccc1C(F)(F)F. The molecule has 1 heterocycles. The molecular formula is C22H22ClF3N2O2. The molecule has 1 aliphatic rings. The molecule has 0 aliphatic carbocycles. The lowest BCUT2D eigenvalue weighted by Crippen LogP contribution is -2.46. The van der Waals surface area contributed by atoms with Gasteiger partial charge in [0.05, 0.1) is 11.1 Å². The van der Waals surface area contributed by atoms with E-state index >= 15 is 0 Å². The highest BCUT2D eigenvalue weighted by Gasteiger charge is 2.35. The van der Waals surface area contributed by atoms with Crippen molar-refractivity contribution < 1.29 is 22.8 Å². The van der Waals surface area contributed by atoms with Crippen molar-refractivity contribution in [2.75, 3.05) is 13.1 Å². The molecule has 0 saturated carbocycles. The molecule has 1 aliphatic heterocycles. The lowest BCUT2D eigenvalue weighted by atomic mass is 10.0. The highest BCUT2D eigenvalue weighted by atomic mass is 35.5. The zero-order chi connectivity index (χ0) is 21.7. The van der Waals surface area contributed by atoms with Crippen molar-refractivity contribution in [2.24, 2.45) is 0 Å². The molecule has 30 heavy (non-hydrogen) atoms. The van der Waals surface area contributed by atoms with E-state index in [2.05, 4.69) is 5.32 Å². The van der Waals surface area contributed by atoms with Crippen molar-refractivity contribution in [2.45, 2.75) is 37.9 Å². The molecule has 2 amide bonds. The van der Waals surface area contributed by atoms with Crippen LogP contribution >= 0.6 is 11.6 Å². The zero-order valence-electron chi connectivity index (χ0n) is 16.2. The van der Waals surface area contributed by atoms with Crippen molar-refractivity contribution in [1.82, 2.24) is 10.2 Å². The molecule has 0 atom stereocenters. The Hall–Kier alpha value is -2.54. The van der Waals surface area contributed by atoms with Crippen molar-refractivity contribution in [1.29, 1.82) is 0 Å². The van der Waals surface area contributed by atoms with Crippen molar-refractivity contribution in [3.05, 3.63) is 70.2 Å². The molecule has 1 fully saturated rings. The van der Waals surface area contributed by atoms with E-state index in [9.17, 15) is 22.8 Å². The van der Waals surface area contributed by atoms with Crippen LogP contribution in [0, 0.1) is 0 Å². The zero-order valence-corrected chi connectivity index (χ0v) is 17.0. The second-order valence-electron chi connectivity index (χ2n) is 7.30. The second-order valence-corrected chi connectivity index (χ2v) is 7.73. The Labute approximate surface area is 178 Å². The number of amides is 2. The Kier molecular flexibility index (Phi) is 7.02. The third-order valence-corrected chi connectivity index (χ3v) is 5.45. The largest absolute Gasteiger partial charge is 0.417 e. The minimum Gasteiger partial charge on any atom is -0.349 e. The number of benzene rings is 2. The van der Waals surface area contributed by atoms with E-state index in [-0.39, 0.29) is 17.5 Å². The van der Waals surface area contributed by atoms with E-state index in [0.29, 0.717) is 43.8 Å². The molecule has 4 nitrogen and oxygen atoms in total. The second kappa shape index (κ2) is 9.51. The average Bonchev–Trinajstić information content (AvgIpc) is 2.73. The minimum absolute atomic E-state index is 0.0251. The number of aryl methyl sites for hydroxylation is 1. The average molecular weight is 439 g/mol. The summed E-state index contributed by atoms with van der Waals surface area (Å²) >= 11 is 5.85. The number of likely N-dealkylation sites (tertiary alicyclic amines) is 1. The molecule has 8 heteroatoms. The minimum atomic E-state index is -4.59. The maximum atomic E-state index is 13.1. The maximum Gasteiger partial charge on any atom is 0.417 e. The highest BCUT2D eigenvalue weighted by Crippen LogP contribution is 2.32. The first-order valence-corrected chi connectivity index (χ1v) is 10.1. The Bertz CT molecular complexity index is 892. The summed E-state index contributed by atoms with van der Waals surface area (Å²) in [6, 6.07) is 11.8. The number of hydrogen-bond acceptors (Lipinski definition) is 2. The van der Waals surface area contributed by atoms with E-state index in [1.54, 1.807) is 17.0 Å². The fourth-order valence-corrected chi connectivity index (χ4v) is 3.65. The van der Waals surface area contributed by atoms with E-state index in [0.717, 1.165) is 11.6 Å². The molecule has 0 unspecified atom stereocenters. The number of piperidine rings is 1. The molecule has 1 saturated heterocycles. The first-order chi connectivity index (χ1) is 14.2. The summed E-state index contributed by atoms with van der Waals surface area (Å²) in [5.41, 5.74) is -0.304. The van der Waals surface area contributed by atoms with Gasteiger partial charge in [-0.05, 0) is 49.1 Å². The number of carbonyl (C=O) groups is 2. The monoisotopic (exact) mass is 438 g/mol. The lowest BCUT2D eigenvalue weighted by molar-refractivity contribution is -0.138. The first-order valence-electron chi connectivity index (χ1n) is 9.73. The Balaban J connectivity index is 1.49. The molecule has 0 spiro atoms. The topological polar surface area (TPSA) is 49.4 Å². The number of rotatable bonds is 5. The molecule has 160 valence electrons. The lowest BCUT2D eigenvalue weighted by Gasteiger charge is -2.32. The van der Waals surface area contributed by atoms with E-state index in [1.165, 1.54) is 18.2 Å². The summed E-state index contributed by atoms with van der Waals surface area (Å²) in [7, 11) is 0.